The van der Waals surface area contributed by atoms with Crippen LogP contribution >= 0.6 is 0 Å². The van der Waals surface area contributed by atoms with Gasteiger partial charge in [-0.1, -0.05) is 0 Å². The van der Waals surface area contributed by atoms with Crippen LogP contribution in [0.2, 0.25) is 0 Å². The van der Waals surface area contributed by atoms with Crippen molar-refractivity contribution < 1.29 is 18.0 Å². The summed E-state index contributed by atoms with van der Waals surface area (Å²) < 4.78 is 43.6. The first kappa shape index (κ1) is 21.8. The molecule has 3 heterocycles. The summed E-state index contributed by atoms with van der Waals surface area (Å²) in [7, 11) is 0. The van der Waals surface area contributed by atoms with Gasteiger partial charge < -0.3 is 4.90 Å². The summed E-state index contributed by atoms with van der Waals surface area (Å²) in [4.78, 5) is 18.8. The molecule has 30 heavy (non-hydrogen) atoms. The van der Waals surface area contributed by atoms with Crippen molar-refractivity contribution in [3.8, 4) is 0 Å². The number of pyridine rings is 1. The van der Waals surface area contributed by atoms with Gasteiger partial charge in [-0.25, -0.2) is 9.67 Å². The van der Waals surface area contributed by atoms with Gasteiger partial charge in [-0.05, 0) is 40.7 Å². The van der Waals surface area contributed by atoms with E-state index in [1.165, 1.54) is 18.5 Å². The van der Waals surface area contributed by atoms with Crippen molar-refractivity contribution in [1.29, 1.82) is 0 Å². The molecule has 0 unspecified atom stereocenters. The standard InChI is InChI=1S/C20H25F3N6O/c1-6-27(9-15-10-28(7-2)25-13(15)4)17(30)11-29-19-18(14(5)26-29)16(20(21,22)23)8-12(3)24-19/h8,10H,6-7,9,11H2,1-5H3. The Bertz CT molecular complexity index is 1080. The third-order valence-corrected chi connectivity index (χ3v) is 5.06. The smallest absolute Gasteiger partial charge is 0.337 e. The minimum absolute atomic E-state index is 0.0657. The van der Waals surface area contributed by atoms with Gasteiger partial charge in [0.15, 0.2) is 5.65 Å². The number of halogens is 3. The molecule has 0 bridgehead atoms. The van der Waals surface area contributed by atoms with Crippen LogP contribution in [0.3, 0.4) is 0 Å². The van der Waals surface area contributed by atoms with Gasteiger partial charge >= 0.3 is 6.18 Å². The van der Waals surface area contributed by atoms with E-state index < -0.39 is 11.7 Å². The summed E-state index contributed by atoms with van der Waals surface area (Å²) in [6, 6.07) is 1.01. The van der Waals surface area contributed by atoms with Crippen molar-refractivity contribution in [2.45, 2.75) is 60.4 Å². The number of rotatable bonds is 6. The highest BCUT2D eigenvalue weighted by molar-refractivity contribution is 5.85. The summed E-state index contributed by atoms with van der Waals surface area (Å²) in [5, 5.41) is 8.52. The summed E-state index contributed by atoms with van der Waals surface area (Å²) >= 11 is 0. The first-order valence-corrected chi connectivity index (χ1v) is 9.77. The Morgan fingerprint density at radius 3 is 2.40 bits per heavy atom. The fraction of sp³-hybridized carbons (Fsp3) is 0.500. The van der Waals surface area contributed by atoms with Gasteiger partial charge in [-0.3, -0.25) is 9.48 Å². The van der Waals surface area contributed by atoms with Crippen LogP contribution < -0.4 is 0 Å². The van der Waals surface area contributed by atoms with E-state index in [4.69, 9.17) is 0 Å². The second kappa shape index (κ2) is 8.08. The zero-order valence-corrected chi connectivity index (χ0v) is 17.7. The lowest BCUT2D eigenvalue weighted by molar-refractivity contribution is -0.136. The number of hydrogen-bond acceptors (Lipinski definition) is 4. The quantitative estimate of drug-likeness (QED) is 0.608. The van der Waals surface area contributed by atoms with E-state index in [2.05, 4.69) is 15.2 Å². The molecule has 3 aromatic rings. The largest absolute Gasteiger partial charge is 0.417 e. The van der Waals surface area contributed by atoms with Gasteiger partial charge in [-0.15, -0.1) is 0 Å². The molecular formula is C20H25F3N6O. The van der Waals surface area contributed by atoms with Crippen molar-refractivity contribution in [3.05, 3.63) is 40.5 Å². The number of aryl methyl sites for hydroxylation is 4. The fourth-order valence-electron chi connectivity index (χ4n) is 3.50. The minimum Gasteiger partial charge on any atom is -0.337 e. The van der Waals surface area contributed by atoms with Crippen molar-refractivity contribution in [2.75, 3.05) is 6.54 Å². The molecule has 0 aromatic carbocycles. The van der Waals surface area contributed by atoms with Gasteiger partial charge in [0.25, 0.3) is 0 Å². The highest BCUT2D eigenvalue weighted by Gasteiger charge is 2.35. The number of fused-ring (bicyclic) bond motifs is 1. The van der Waals surface area contributed by atoms with Crippen LogP contribution in [-0.4, -0.2) is 41.9 Å². The predicted octanol–water partition coefficient (Wildman–Crippen LogP) is 3.64. The van der Waals surface area contributed by atoms with E-state index in [0.29, 0.717) is 13.1 Å². The summed E-state index contributed by atoms with van der Waals surface area (Å²) in [5.41, 5.74) is 1.48. The van der Waals surface area contributed by atoms with Crippen molar-refractivity contribution in [3.63, 3.8) is 0 Å². The molecular weight excluding hydrogens is 397 g/mol. The Kier molecular flexibility index (Phi) is 5.87. The molecule has 10 heteroatoms. The lowest BCUT2D eigenvalue weighted by Crippen LogP contribution is -2.33. The van der Waals surface area contributed by atoms with E-state index in [-0.39, 0.29) is 34.9 Å². The number of carbonyl (C=O) groups is 1. The third-order valence-electron chi connectivity index (χ3n) is 5.06. The first-order valence-electron chi connectivity index (χ1n) is 9.77. The molecule has 0 saturated carbocycles. The summed E-state index contributed by atoms with van der Waals surface area (Å²) in [5.74, 6) is -0.248. The number of alkyl halides is 3. The van der Waals surface area contributed by atoms with E-state index in [0.717, 1.165) is 23.9 Å². The van der Waals surface area contributed by atoms with Crippen LogP contribution in [0.25, 0.3) is 11.0 Å². The SMILES string of the molecule is CCN(Cc1cn(CC)nc1C)C(=O)Cn1nc(C)c2c(C(F)(F)F)cc(C)nc21. The molecule has 1 amide bonds. The second-order valence-electron chi connectivity index (χ2n) is 7.25. The third kappa shape index (κ3) is 4.17. The maximum absolute atomic E-state index is 13.5. The Morgan fingerprint density at radius 2 is 1.83 bits per heavy atom. The Morgan fingerprint density at radius 1 is 1.13 bits per heavy atom. The highest BCUT2D eigenvalue weighted by Crippen LogP contribution is 2.36. The van der Waals surface area contributed by atoms with Crippen molar-refractivity contribution in [1.82, 2.24) is 29.4 Å². The molecule has 0 spiro atoms. The predicted molar refractivity (Wildman–Crippen MR) is 106 cm³/mol. The molecule has 0 radical (unpaired) electrons. The molecule has 0 aliphatic carbocycles. The Balaban J connectivity index is 1.92. The molecule has 0 N–H and O–H groups in total. The Hall–Kier alpha value is -2.91. The average molecular weight is 422 g/mol. The van der Waals surface area contributed by atoms with Gasteiger partial charge in [0.05, 0.1) is 22.3 Å². The van der Waals surface area contributed by atoms with E-state index in [9.17, 15) is 18.0 Å². The number of amides is 1. The summed E-state index contributed by atoms with van der Waals surface area (Å²) in [6.45, 7) is 10.1. The highest BCUT2D eigenvalue weighted by atomic mass is 19.4. The zero-order chi connectivity index (χ0) is 22.2. The number of hydrogen-bond donors (Lipinski definition) is 0. The lowest BCUT2D eigenvalue weighted by atomic mass is 10.1. The minimum atomic E-state index is -4.53. The molecule has 3 aromatic heterocycles. The van der Waals surface area contributed by atoms with Crippen LogP contribution in [0, 0.1) is 20.8 Å². The van der Waals surface area contributed by atoms with Gasteiger partial charge in [0.1, 0.15) is 6.54 Å². The van der Waals surface area contributed by atoms with Crippen LogP contribution in [-0.2, 0) is 30.6 Å². The van der Waals surface area contributed by atoms with Crippen molar-refractivity contribution in [2.24, 2.45) is 0 Å². The van der Waals surface area contributed by atoms with E-state index in [1.54, 1.807) is 9.58 Å². The van der Waals surface area contributed by atoms with Gasteiger partial charge in [0, 0.05) is 37.1 Å². The fourth-order valence-corrected chi connectivity index (χ4v) is 3.50. The van der Waals surface area contributed by atoms with Crippen LogP contribution in [0.1, 0.15) is 42.1 Å². The summed E-state index contributed by atoms with van der Waals surface area (Å²) in [6.07, 6.45) is -2.62. The van der Waals surface area contributed by atoms with Gasteiger partial charge in [0.2, 0.25) is 5.91 Å². The van der Waals surface area contributed by atoms with E-state index >= 15 is 0 Å². The van der Waals surface area contributed by atoms with Crippen molar-refractivity contribution >= 4 is 16.9 Å². The molecule has 3 rings (SSSR count). The maximum atomic E-state index is 13.5. The molecule has 7 nitrogen and oxygen atoms in total. The molecule has 0 fully saturated rings. The molecule has 162 valence electrons. The molecule has 0 aliphatic heterocycles. The average Bonchev–Trinajstić information content (AvgIpc) is 3.17. The molecule has 0 aliphatic rings. The number of nitrogens with zero attached hydrogens (tertiary/aromatic N) is 6. The van der Waals surface area contributed by atoms with Crippen LogP contribution in [0.5, 0.6) is 0 Å². The monoisotopic (exact) mass is 422 g/mol. The molecule has 0 atom stereocenters. The van der Waals surface area contributed by atoms with Crippen LogP contribution in [0.15, 0.2) is 12.3 Å². The van der Waals surface area contributed by atoms with E-state index in [1.807, 2.05) is 27.0 Å². The first-order chi connectivity index (χ1) is 14.0. The zero-order valence-electron chi connectivity index (χ0n) is 17.7. The number of likely N-dealkylation sites (N-methyl/N-ethyl adjacent to an activating group) is 1. The second-order valence-corrected chi connectivity index (χ2v) is 7.25. The van der Waals surface area contributed by atoms with Gasteiger partial charge in [-0.2, -0.15) is 23.4 Å². The normalized spacial score (nSPS) is 12.0. The number of aromatic nitrogens is 5. The Labute approximate surface area is 172 Å². The lowest BCUT2D eigenvalue weighted by Gasteiger charge is -2.20. The molecule has 0 saturated heterocycles. The topological polar surface area (TPSA) is 68.8 Å². The maximum Gasteiger partial charge on any atom is 0.417 e. The van der Waals surface area contributed by atoms with Crippen LogP contribution in [0.4, 0.5) is 13.2 Å². The number of carbonyl (C=O) groups excluding carboxylic acids is 1.